The van der Waals surface area contributed by atoms with Crippen LogP contribution in [0.2, 0.25) is 0 Å². The summed E-state index contributed by atoms with van der Waals surface area (Å²) < 4.78 is 22.6. The Morgan fingerprint density at radius 1 is 0.550 bits per heavy atom. The minimum absolute atomic E-state index is 0.0575. The number of hydrogen-bond acceptors (Lipinski definition) is 8. The van der Waals surface area contributed by atoms with E-state index in [9.17, 15) is 10.2 Å². The first-order chi connectivity index (χ1) is 19.3. The van der Waals surface area contributed by atoms with Crippen LogP contribution in [0.4, 0.5) is 11.4 Å². The second-order valence-electron chi connectivity index (χ2n) is 7.99. The van der Waals surface area contributed by atoms with Crippen molar-refractivity contribution < 1.29 is 29.2 Å². The molecule has 208 valence electrons. The van der Waals surface area contributed by atoms with Gasteiger partial charge in [-0.3, -0.25) is 9.98 Å². The van der Waals surface area contributed by atoms with E-state index in [4.69, 9.17) is 18.9 Å². The number of aliphatic imine (C=N–C) groups is 2. The van der Waals surface area contributed by atoms with E-state index in [0.717, 1.165) is 20.3 Å². The summed E-state index contributed by atoms with van der Waals surface area (Å²) in [5.41, 5.74) is 2.59. The van der Waals surface area contributed by atoms with E-state index in [-0.39, 0.29) is 11.5 Å². The molecule has 10 heteroatoms. The predicted octanol–water partition coefficient (Wildman–Crippen LogP) is 7.85. The number of aromatic hydroxyl groups is 2. The van der Waals surface area contributed by atoms with E-state index in [0.29, 0.717) is 34.1 Å². The average Bonchev–Trinajstić information content (AvgIpc) is 2.97. The normalized spacial score (nSPS) is 10.8. The standard InChI is InChI=1S/2C15H14BrNO3/c2*1-19-12-7-14(18)13(15(8-12)20-2)9-17-11-5-3-10(16)4-6-11/h2*3-9,18H,1-2H3. The summed E-state index contributed by atoms with van der Waals surface area (Å²) in [5, 5.41) is 20.0. The van der Waals surface area contributed by atoms with Crippen molar-refractivity contribution in [1.82, 2.24) is 0 Å². The van der Waals surface area contributed by atoms with Crippen molar-refractivity contribution in [3.63, 3.8) is 0 Å². The van der Waals surface area contributed by atoms with Crippen molar-refractivity contribution in [2.45, 2.75) is 0 Å². The Balaban J connectivity index is 0.000000220. The second kappa shape index (κ2) is 14.9. The number of nitrogens with zero attached hydrogens (tertiary/aromatic N) is 2. The maximum absolute atomic E-state index is 10.00. The van der Waals surface area contributed by atoms with Crippen molar-refractivity contribution in [3.8, 4) is 34.5 Å². The number of halogens is 2. The lowest BCUT2D eigenvalue weighted by Gasteiger charge is -2.09. The van der Waals surface area contributed by atoms with E-state index in [1.165, 1.54) is 40.6 Å². The van der Waals surface area contributed by atoms with Gasteiger partial charge in [-0.1, -0.05) is 31.9 Å². The summed E-state index contributed by atoms with van der Waals surface area (Å²) in [4.78, 5) is 8.63. The fraction of sp³-hybridized carbons (Fsp3) is 0.133. The smallest absolute Gasteiger partial charge is 0.135 e. The van der Waals surface area contributed by atoms with Gasteiger partial charge in [-0.15, -0.1) is 0 Å². The lowest BCUT2D eigenvalue weighted by molar-refractivity contribution is 0.384. The first kappa shape index (κ1) is 30.5. The van der Waals surface area contributed by atoms with Gasteiger partial charge in [0.1, 0.15) is 34.5 Å². The fourth-order valence-corrected chi connectivity index (χ4v) is 3.87. The Morgan fingerprint density at radius 3 is 1.20 bits per heavy atom. The van der Waals surface area contributed by atoms with E-state index in [1.807, 2.05) is 48.5 Å². The van der Waals surface area contributed by atoms with Gasteiger partial charge in [-0.05, 0) is 48.5 Å². The summed E-state index contributed by atoms with van der Waals surface area (Å²) in [6.45, 7) is 0. The van der Waals surface area contributed by atoms with Crippen LogP contribution in [-0.2, 0) is 0 Å². The van der Waals surface area contributed by atoms with E-state index < -0.39 is 0 Å². The molecule has 0 aliphatic heterocycles. The molecule has 4 aromatic carbocycles. The number of rotatable bonds is 8. The van der Waals surface area contributed by atoms with Gasteiger partial charge >= 0.3 is 0 Å². The highest BCUT2D eigenvalue weighted by atomic mass is 79.9. The molecule has 0 radical (unpaired) electrons. The molecule has 8 nitrogen and oxygen atoms in total. The molecule has 0 heterocycles. The van der Waals surface area contributed by atoms with Crippen LogP contribution in [0.1, 0.15) is 11.1 Å². The third-order valence-electron chi connectivity index (χ3n) is 5.44. The molecule has 0 aliphatic carbocycles. The number of benzene rings is 4. The molecular formula is C30H28Br2N2O6. The van der Waals surface area contributed by atoms with Gasteiger partial charge < -0.3 is 29.2 Å². The lowest BCUT2D eigenvalue weighted by atomic mass is 10.2. The number of phenols is 2. The van der Waals surface area contributed by atoms with Crippen LogP contribution < -0.4 is 18.9 Å². The molecule has 0 amide bonds. The zero-order valence-corrected chi connectivity index (χ0v) is 25.4. The molecule has 0 aromatic heterocycles. The summed E-state index contributed by atoms with van der Waals surface area (Å²) in [7, 11) is 6.13. The summed E-state index contributed by atoms with van der Waals surface area (Å²) in [6, 6.07) is 21.5. The Morgan fingerprint density at radius 2 is 0.900 bits per heavy atom. The van der Waals surface area contributed by atoms with Crippen LogP contribution in [0.5, 0.6) is 34.5 Å². The summed E-state index contributed by atoms with van der Waals surface area (Å²) >= 11 is 6.73. The molecule has 0 atom stereocenters. The molecule has 4 rings (SSSR count). The van der Waals surface area contributed by atoms with Crippen molar-refractivity contribution >= 4 is 55.7 Å². The number of methoxy groups -OCH3 is 4. The summed E-state index contributed by atoms with van der Waals surface area (Å²) in [5.74, 6) is 2.18. The summed E-state index contributed by atoms with van der Waals surface area (Å²) in [6.07, 6.45) is 3.13. The molecule has 0 aliphatic rings. The van der Waals surface area contributed by atoms with Gasteiger partial charge in [0, 0.05) is 45.6 Å². The first-order valence-corrected chi connectivity index (χ1v) is 13.4. The van der Waals surface area contributed by atoms with Crippen molar-refractivity contribution in [2.75, 3.05) is 28.4 Å². The average molecular weight is 672 g/mol. The topological polar surface area (TPSA) is 102 Å². The highest BCUT2D eigenvalue weighted by molar-refractivity contribution is 9.10. The number of ether oxygens (including phenoxy) is 4. The SMILES string of the molecule is COc1cc(O)c(C=Nc2ccc(Br)cc2)c(OC)c1.COc1cc(O)c(C=Nc2ccc(Br)cc2)c(OC)c1. The van der Waals surface area contributed by atoms with Gasteiger partial charge in [0.15, 0.2) is 0 Å². The second-order valence-corrected chi connectivity index (χ2v) is 9.83. The third kappa shape index (κ3) is 8.49. The zero-order chi connectivity index (χ0) is 29.1. The van der Waals surface area contributed by atoms with Crippen LogP contribution in [0.15, 0.2) is 91.7 Å². The third-order valence-corrected chi connectivity index (χ3v) is 6.49. The molecule has 0 unspecified atom stereocenters. The van der Waals surface area contributed by atoms with Crippen molar-refractivity contribution in [3.05, 3.63) is 92.9 Å². The van der Waals surface area contributed by atoms with E-state index >= 15 is 0 Å². The Hall–Kier alpha value is -4.02. The van der Waals surface area contributed by atoms with Crippen LogP contribution in [0.3, 0.4) is 0 Å². The Labute approximate surface area is 249 Å². The van der Waals surface area contributed by atoms with Gasteiger partial charge in [0.25, 0.3) is 0 Å². The van der Waals surface area contributed by atoms with Crippen LogP contribution >= 0.6 is 31.9 Å². The van der Waals surface area contributed by atoms with E-state index in [1.54, 1.807) is 24.6 Å². The highest BCUT2D eigenvalue weighted by Gasteiger charge is 2.11. The monoisotopic (exact) mass is 670 g/mol. The minimum Gasteiger partial charge on any atom is -0.507 e. The lowest BCUT2D eigenvalue weighted by Crippen LogP contribution is -1.93. The molecular weight excluding hydrogens is 644 g/mol. The molecule has 0 fully saturated rings. The molecule has 0 saturated carbocycles. The van der Waals surface area contributed by atoms with Crippen molar-refractivity contribution in [1.29, 1.82) is 0 Å². The van der Waals surface area contributed by atoms with Gasteiger partial charge in [-0.2, -0.15) is 0 Å². The molecule has 4 aromatic rings. The Bertz CT molecular complexity index is 1360. The van der Waals surface area contributed by atoms with Crippen LogP contribution in [0, 0.1) is 0 Å². The molecule has 0 bridgehead atoms. The number of hydrogen-bond donors (Lipinski definition) is 2. The fourth-order valence-electron chi connectivity index (χ4n) is 3.34. The van der Waals surface area contributed by atoms with Gasteiger partial charge in [0.2, 0.25) is 0 Å². The largest absolute Gasteiger partial charge is 0.507 e. The highest BCUT2D eigenvalue weighted by Crippen LogP contribution is 2.33. The molecule has 0 saturated heterocycles. The Kier molecular flexibility index (Phi) is 11.4. The molecule has 0 spiro atoms. The van der Waals surface area contributed by atoms with Crippen LogP contribution in [0.25, 0.3) is 0 Å². The molecule has 40 heavy (non-hydrogen) atoms. The first-order valence-electron chi connectivity index (χ1n) is 11.8. The van der Waals surface area contributed by atoms with Gasteiger partial charge in [-0.25, -0.2) is 0 Å². The molecule has 2 N–H and O–H groups in total. The van der Waals surface area contributed by atoms with Gasteiger partial charge in [0.05, 0.1) is 50.9 Å². The predicted molar refractivity (Wildman–Crippen MR) is 165 cm³/mol. The number of phenolic OH excluding ortho intramolecular Hbond substituents is 2. The van der Waals surface area contributed by atoms with E-state index in [2.05, 4.69) is 41.8 Å². The quantitative estimate of drug-likeness (QED) is 0.185. The maximum atomic E-state index is 10.00. The van der Waals surface area contributed by atoms with Crippen LogP contribution in [-0.4, -0.2) is 51.1 Å². The minimum atomic E-state index is 0.0575. The van der Waals surface area contributed by atoms with Crippen molar-refractivity contribution in [2.24, 2.45) is 9.98 Å². The zero-order valence-electron chi connectivity index (χ0n) is 22.3. The maximum Gasteiger partial charge on any atom is 0.135 e.